The van der Waals surface area contributed by atoms with Gasteiger partial charge in [0.2, 0.25) is 0 Å². The molecule has 6 nitrogen and oxygen atoms in total. The number of benzene rings is 1. The van der Waals surface area contributed by atoms with Gasteiger partial charge in [-0.25, -0.2) is 0 Å². The molecule has 1 amide bonds. The molecule has 0 spiro atoms. The van der Waals surface area contributed by atoms with Gasteiger partial charge in [0, 0.05) is 13.1 Å². The summed E-state index contributed by atoms with van der Waals surface area (Å²) in [5.74, 6) is -0.656. The van der Waals surface area contributed by atoms with Gasteiger partial charge in [-0.15, -0.1) is 0 Å². The van der Waals surface area contributed by atoms with Crippen molar-refractivity contribution >= 4 is 21.8 Å². The monoisotopic (exact) mass is 283 g/mol. The van der Waals surface area contributed by atoms with Crippen LogP contribution in [0.4, 0.5) is 5.69 Å². The van der Waals surface area contributed by atoms with Crippen LogP contribution in [0.1, 0.15) is 29.6 Å². The number of piperidine rings is 1. The van der Waals surface area contributed by atoms with Crippen LogP contribution in [0.3, 0.4) is 0 Å². The highest BCUT2D eigenvalue weighted by Gasteiger charge is 2.24. The minimum atomic E-state index is -3.62. The summed E-state index contributed by atoms with van der Waals surface area (Å²) in [5, 5.41) is 0. The van der Waals surface area contributed by atoms with Crippen molar-refractivity contribution in [2.45, 2.75) is 19.3 Å². The van der Waals surface area contributed by atoms with Crippen LogP contribution in [0.25, 0.3) is 0 Å². The van der Waals surface area contributed by atoms with Gasteiger partial charge in [0.05, 0.1) is 11.3 Å². The Labute approximate surface area is 112 Å². The Morgan fingerprint density at radius 1 is 1.16 bits per heavy atom. The fraction of sp³-hybridized carbons (Fsp3) is 0.417. The van der Waals surface area contributed by atoms with Crippen LogP contribution in [-0.4, -0.2) is 31.7 Å². The first-order valence-corrected chi connectivity index (χ1v) is 7.61. The first-order valence-electron chi connectivity index (χ1n) is 6.17. The number of primary amides is 1. The van der Waals surface area contributed by atoms with E-state index in [2.05, 4.69) is 4.72 Å². The molecule has 2 rings (SSSR count). The molecule has 1 fully saturated rings. The smallest absolute Gasteiger partial charge is 0.301 e. The minimum Gasteiger partial charge on any atom is -0.366 e. The van der Waals surface area contributed by atoms with Crippen molar-refractivity contribution in [3.8, 4) is 0 Å². The molecule has 1 aromatic rings. The second-order valence-electron chi connectivity index (χ2n) is 4.48. The van der Waals surface area contributed by atoms with Crippen molar-refractivity contribution in [1.82, 2.24) is 4.31 Å². The first kappa shape index (κ1) is 13.8. The summed E-state index contributed by atoms with van der Waals surface area (Å²) in [4.78, 5) is 11.3. The molecular weight excluding hydrogens is 266 g/mol. The predicted molar refractivity (Wildman–Crippen MR) is 72.9 cm³/mol. The van der Waals surface area contributed by atoms with E-state index in [9.17, 15) is 13.2 Å². The van der Waals surface area contributed by atoms with E-state index < -0.39 is 16.1 Å². The number of hydrogen-bond donors (Lipinski definition) is 2. The number of rotatable bonds is 4. The zero-order valence-corrected chi connectivity index (χ0v) is 11.3. The Kier molecular flexibility index (Phi) is 4.06. The lowest BCUT2D eigenvalue weighted by Gasteiger charge is -2.26. The predicted octanol–water partition coefficient (Wildman–Crippen LogP) is 0.928. The summed E-state index contributed by atoms with van der Waals surface area (Å²) in [6, 6.07) is 6.32. The first-order chi connectivity index (χ1) is 9.00. The number of carbonyl (C=O) groups is 1. The van der Waals surface area contributed by atoms with Crippen molar-refractivity contribution in [3.63, 3.8) is 0 Å². The molecule has 0 bridgehead atoms. The van der Waals surface area contributed by atoms with Gasteiger partial charge in [0.25, 0.3) is 5.91 Å². The number of anilines is 1. The molecule has 0 atom stereocenters. The van der Waals surface area contributed by atoms with E-state index >= 15 is 0 Å². The topological polar surface area (TPSA) is 92.5 Å². The average molecular weight is 283 g/mol. The molecular formula is C12H17N3O3S. The highest BCUT2D eigenvalue weighted by atomic mass is 32.2. The van der Waals surface area contributed by atoms with Crippen LogP contribution in [-0.2, 0) is 10.2 Å². The number of amides is 1. The third kappa shape index (κ3) is 3.24. The quantitative estimate of drug-likeness (QED) is 0.861. The normalized spacial score (nSPS) is 17.1. The van der Waals surface area contributed by atoms with Crippen molar-refractivity contribution < 1.29 is 13.2 Å². The van der Waals surface area contributed by atoms with E-state index in [0.717, 1.165) is 19.3 Å². The van der Waals surface area contributed by atoms with Crippen LogP contribution in [0.15, 0.2) is 24.3 Å². The molecule has 1 saturated heterocycles. The fourth-order valence-corrected chi connectivity index (χ4v) is 3.42. The van der Waals surface area contributed by atoms with Gasteiger partial charge in [-0.05, 0) is 25.0 Å². The summed E-state index contributed by atoms with van der Waals surface area (Å²) in [6.07, 6.45) is 2.76. The standard InChI is InChI=1S/C12H17N3O3S/c13-12(16)10-6-2-3-7-11(10)14-19(17,18)15-8-4-1-5-9-15/h2-3,6-7,14H,1,4-5,8-9H2,(H2,13,16). The van der Waals surface area contributed by atoms with Crippen LogP contribution in [0.2, 0.25) is 0 Å². The fourth-order valence-electron chi connectivity index (χ4n) is 2.10. The van der Waals surface area contributed by atoms with E-state index in [1.54, 1.807) is 12.1 Å². The van der Waals surface area contributed by atoms with Crippen molar-refractivity contribution in [2.24, 2.45) is 5.73 Å². The maximum Gasteiger partial charge on any atom is 0.301 e. The second-order valence-corrected chi connectivity index (χ2v) is 6.15. The molecule has 1 heterocycles. The molecule has 1 aliphatic heterocycles. The van der Waals surface area contributed by atoms with Crippen molar-refractivity contribution in [3.05, 3.63) is 29.8 Å². The van der Waals surface area contributed by atoms with Gasteiger partial charge in [-0.3, -0.25) is 9.52 Å². The molecule has 3 N–H and O–H groups in total. The summed E-state index contributed by atoms with van der Waals surface area (Å²) in [7, 11) is -3.62. The number of nitrogens with one attached hydrogen (secondary N) is 1. The van der Waals surface area contributed by atoms with Crippen LogP contribution < -0.4 is 10.5 Å². The number of carbonyl (C=O) groups excluding carboxylic acids is 1. The van der Waals surface area contributed by atoms with Gasteiger partial charge in [0.1, 0.15) is 0 Å². The highest BCUT2D eigenvalue weighted by Crippen LogP contribution is 2.19. The molecule has 0 saturated carbocycles. The molecule has 0 aromatic heterocycles. The largest absolute Gasteiger partial charge is 0.366 e. The SMILES string of the molecule is NC(=O)c1ccccc1NS(=O)(=O)N1CCCCC1. The Balaban J connectivity index is 2.22. The molecule has 0 radical (unpaired) electrons. The average Bonchev–Trinajstić information content (AvgIpc) is 2.39. The third-order valence-corrected chi connectivity index (χ3v) is 4.61. The highest BCUT2D eigenvalue weighted by molar-refractivity contribution is 7.90. The van der Waals surface area contributed by atoms with E-state index in [4.69, 9.17) is 5.73 Å². The molecule has 1 aromatic carbocycles. The number of nitrogens with zero attached hydrogens (tertiary/aromatic N) is 1. The lowest BCUT2D eigenvalue weighted by molar-refractivity contribution is 0.100. The zero-order valence-electron chi connectivity index (χ0n) is 10.5. The molecule has 0 unspecified atom stereocenters. The van der Waals surface area contributed by atoms with Crippen LogP contribution >= 0.6 is 0 Å². The molecule has 19 heavy (non-hydrogen) atoms. The van der Waals surface area contributed by atoms with Crippen molar-refractivity contribution in [1.29, 1.82) is 0 Å². The van der Waals surface area contributed by atoms with E-state index in [1.165, 1.54) is 16.4 Å². The number of nitrogens with two attached hydrogens (primary N) is 1. The lowest BCUT2D eigenvalue weighted by atomic mass is 10.2. The second kappa shape index (κ2) is 5.58. The summed E-state index contributed by atoms with van der Waals surface area (Å²) in [6.45, 7) is 1.02. The summed E-state index contributed by atoms with van der Waals surface area (Å²) < 4.78 is 28.2. The Hall–Kier alpha value is -1.60. The number of para-hydroxylation sites is 1. The Morgan fingerprint density at radius 3 is 2.42 bits per heavy atom. The molecule has 1 aliphatic rings. The maximum absolute atomic E-state index is 12.2. The Morgan fingerprint density at radius 2 is 1.79 bits per heavy atom. The van der Waals surface area contributed by atoms with Gasteiger partial charge >= 0.3 is 10.2 Å². The summed E-state index contributed by atoms with van der Waals surface area (Å²) >= 11 is 0. The van der Waals surface area contributed by atoms with Crippen LogP contribution in [0, 0.1) is 0 Å². The van der Waals surface area contributed by atoms with Gasteiger partial charge in [-0.1, -0.05) is 18.6 Å². The summed E-state index contributed by atoms with van der Waals surface area (Å²) in [5.41, 5.74) is 5.62. The number of hydrogen-bond acceptors (Lipinski definition) is 3. The van der Waals surface area contributed by atoms with Gasteiger partial charge in [-0.2, -0.15) is 12.7 Å². The van der Waals surface area contributed by atoms with E-state index in [0.29, 0.717) is 13.1 Å². The Bertz CT molecular complexity index is 565. The van der Waals surface area contributed by atoms with Crippen molar-refractivity contribution in [2.75, 3.05) is 17.8 Å². The molecule has 0 aliphatic carbocycles. The van der Waals surface area contributed by atoms with Gasteiger partial charge < -0.3 is 5.73 Å². The molecule has 7 heteroatoms. The van der Waals surface area contributed by atoms with E-state index in [1.807, 2.05) is 0 Å². The van der Waals surface area contributed by atoms with Crippen LogP contribution in [0.5, 0.6) is 0 Å². The lowest BCUT2D eigenvalue weighted by Crippen LogP contribution is -2.39. The third-order valence-electron chi connectivity index (χ3n) is 3.09. The minimum absolute atomic E-state index is 0.170. The maximum atomic E-state index is 12.2. The molecule has 104 valence electrons. The van der Waals surface area contributed by atoms with Gasteiger partial charge in [0.15, 0.2) is 0 Å². The zero-order chi connectivity index (χ0) is 13.9. The van der Waals surface area contributed by atoms with E-state index in [-0.39, 0.29) is 11.3 Å².